The summed E-state index contributed by atoms with van der Waals surface area (Å²) >= 11 is 0. The van der Waals surface area contributed by atoms with Gasteiger partial charge in [0.2, 0.25) is 0 Å². The van der Waals surface area contributed by atoms with E-state index in [9.17, 15) is 14.0 Å². The molecular formula is C20H19FN4O2. The van der Waals surface area contributed by atoms with Gasteiger partial charge in [-0.15, -0.1) is 0 Å². The molecule has 0 aliphatic carbocycles. The molecule has 0 N–H and O–H groups in total. The Kier molecular flexibility index (Phi) is 4.35. The number of aryl methyl sites for hydroxylation is 1. The number of hydrogen-bond acceptors (Lipinski definition) is 4. The lowest BCUT2D eigenvalue weighted by Gasteiger charge is -2.36. The van der Waals surface area contributed by atoms with Crippen LogP contribution in [0.15, 0.2) is 53.3 Å². The highest BCUT2D eigenvalue weighted by molar-refractivity contribution is 6.04. The van der Waals surface area contributed by atoms with Gasteiger partial charge in [0.15, 0.2) is 5.69 Å². The smallest absolute Gasteiger partial charge is 0.275 e. The molecule has 0 bridgehead atoms. The van der Waals surface area contributed by atoms with Crippen molar-refractivity contribution < 1.29 is 9.18 Å². The van der Waals surface area contributed by atoms with Crippen LogP contribution in [0.1, 0.15) is 10.5 Å². The van der Waals surface area contributed by atoms with Crippen molar-refractivity contribution in [3.05, 3.63) is 70.4 Å². The molecule has 0 atom stereocenters. The van der Waals surface area contributed by atoms with Gasteiger partial charge in [0.05, 0.1) is 11.1 Å². The summed E-state index contributed by atoms with van der Waals surface area (Å²) in [7, 11) is 1.54. The fourth-order valence-electron chi connectivity index (χ4n) is 3.47. The maximum Gasteiger partial charge on any atom is 0.275 e. The molecule has 1 fully saturated rings. The number of hydrogen-bond donors (Lipinski definition) is 0. The quantitative estimate of drug-likeness (QED) is 0.696. The van der Waals surface area contributed by atoms with Crippen LogP contribution in [0.3, 0.4) is 0 Å². The standard InChI is InChI=1S/C20H19FN4O2/c1-23-19(26)15-7-3-2-6-14(15)18(22-23)20(27)25-12-10-24(11-13-25)17-9-5-4-8-16(17)21/h2-9H,10-13H2,1H3. The highest BCUT2D eigenvalue weighted by Gasteiger charge is 2.26. The minimum absolute atomic E-state index is 0.213. The molecule has 0 radical (unpaired) electrons. The molecule has 27 heavy (non-hydrogen) atoms. The van der Waals surface area contributed by atoms with Gasteiger partial charge in [0.1, 0.15) is 5.82 Å². The minimum Gasteiger partial charge on any atom is -0.366 e. The van der Waals surface area contributed by atoms with E-state index in [0.717, 1.165) is 0 Å². The van der Waals surface area contributed by atoms with Crippen LogP contribution < -0.4 is 10.5 Å². The van der Waals surface area contributed by atoms with Crippen LogP contribution in [-0.2, 0) is 7.05 Å². The zero-order valence-corrected chi connectivity index (χ0v) is 14.9. The Bertz CT molecular complexity index is 1070. The number of aromatic nitrogens is 2. The van der Waals surface area contributed by atoms with Crippen molar-refractivity contribution in [3.63, 3.8) is 0 Å². The van der Waals surface area contributed by atoms with Crippen molar-refractivity contribution in [2.75, 3.05) is 31.1 Å². The number of piperazine rings is 1. The van der Waals surface area contributed by atoms with E-state index in [4.69, 9.17) is 0 Å². The van der Waals surface area contributed by atoms with E-state index in [0.29, 0.717) is 42.6 Å². The van der Waals surface area contributed by atoms with E-state index in [1.165, 1.54) is 10.7 Å². The van der Waals surface area contributed by atoms with E-state index in [1.54, 1.807) is 54.4 Å². The highest BCUT2D eigenvalue weighted by Crippen LogP contribution is 2.21. The highest BCUT2D eigenvalue weighted by atomic mass is 19.1. The van der Waals surface area contributed by atoms with E-state index >= 15 is 0 Å². The molecule has 0 saturated carbocycles. The molecule has 2 heterocycles. The zero-order valence-electron chi connectivity index (χ0n) is 14.9. The first kappa shape index (κ1) is 17.2. The summed E-state index contributed by atoms with van der Waals surface area (Å²) in [6.45, 7) is 2.00. The third kappa shape index (κ3) is 3.05. The first-order valence-corrected chi connectivity index (χ1v) is 8.81. The Morgan fingerprint density at radius 1 is 0.963 bits per heavy atom. The Balaban J connectivity index is 1.59. The van der Waals surface area contributed by atoms with Gasteiger partial charge in [-0.25, -0.2) is 9.07 Å². The average molecular weight is 366 g/mol. The van der Waals surface area contributed by atoms with Crippen LogP contribution in [0.25, 0.3) is 10.8 Å². The number of carbonyl (C=O) groups is 1. The molecule has 1 aliphatic heterocycles. The van der Waals surface area contributed by atoms with Gasteiger partial charge in [0.25, 0.3) is 11.5 Å². The third-order valence-electron chi connectivity index (χ3n) is 4.92. The normalized spacial score (nSPS) is 14.6. The number of rotatable bonds is 2. The molecule has 0 spiro atoms. The zero-order chi connectivity index (χ0) is 19.0. The van der Waals surface area contributed by atoms with Gasteiger partial charge in [0, 0.05) is 38.6 Å². The van der Waals surface area contributed by atoms with Crippen LogP contribution in [-0.4, -0.2) is 46.8 Å². The monoisotopic (exact) mass is 366 g/mol. The molecule has 1 saturated heterocycles. The number of benzene rings is 2. The SMILES string of the molecule is Cn1nc(C(=O)N2CCN(c3ccccc3F)CC2)c2ccccc2c1=O. The van der Waals surface area contributed by atoms with Crippen molar-refractivity contribution in [1.29, 1.82) is 0 Å². The molecular weight excluding hydrogens is 347 g/mol. The van der Waals surface area contributed by atoms with Gasteiger partial charge < -0.3 is 9.80 Å². The fourth-order valence-corrected chi connectivity index (χ4v) is 3.47. The van der Waals surface area contributed by atoms with Crippen LogP contribution in [0.4, 0.5) is 10.1 Å². The van der Waals surface area contributed by atoms with Gasteiger partial charge in [-0.1, -0.05) is 30.3 Å². The summed E-state index contributed by atoms with van der Waals surface area (Å²) in [5.41, 5.74) is 0.592. The maximum absolute atomic E-state index is 14.0. The lowest BCUT2D eigenvalue weighted by molar-refractivity contribution is 0.0740. The molecule has 0 unspecified atom stereocenters. The summed E-state index contributed by atoms with van der Waals surface area (Å²) in [4.78, 5) is 28.9. The van der Waals surface area contributed by atoms with Gasteiger partial charge >= 0.3 is 0 Å². The second-order valence-electron chi connectivity index (χ2n) is 6.55. The summed E-state index contributed by atoms with van der Waals surface area (Å²) in [5.74, 6) is -0.474. The summed E-state index contributed by atoms with van der Waals surface area (Å²) in [5, 5.41) is 5.24. The van der Waals surface area contributed by atoms with Crippen molar-refractivity contribution in [3.8, 4) is 0 Å². The molecule has 3 aromatic rings. The second kappa shape index (κ2) is 6.83. The van der Waals surface area contributed by atoms with Crippen LogP contribution in [0, 0.1) is 5.82 Å². The molecule has 2 aromatic carbocycles. The molecule has 1 aromatic heterocycles. The predicted molar refractivity (Wildman–Crippen MR) is 102 cm³/mol. The van der Waals surface area contributed by atoms with Crippen molar-refractivity contribution >= 4 is 22.4 Å². The number of anilines is 1. The lowest BCUT2D eigenvalue weighted by atomic mass is 10.1. The lowest BCUT2D eigenvalue weighted by Crippen LogP contribution is -2.49. The Hall–Kier alpha value is -3.22. The number of carbonyl (C=O) groups excluding carboxylic acids is 1. The Morgan fingerprint density at radius 3 is 2.30 bits per heavy atom. The molecule has 138 valence electrons. The average Bonchev–Trinajstić information content (AvgIpc) is 2.71. The molecule has 7 heteroatoms. The number of para-hydroxylation sites is 1. The van der Waals surface area contributed by atoms with E-state index in [-0.39, 0.29) is 23.0 Å². The minimum atomic E-state index is -0.261. The molecule has 4 rings (SSSR count). The van der Waals surface area contributed by atoms with Crippen molar-refractivity contribution in [1.82, 2.24) is 14.7 Å². The second-order valence-corrected chi connectivity index (χ2v) is 6.55. The first-order valence-electron chi connectivity index (χ1n) is 8.81. The van der Waals surface area contributed by atoms with Crippen LogP contribution in [0.2, 0.25) is 0 Å². The predicted octanol–water partition coefficient (Wildman–Crippen LogP) is 2.03. The van der Waals surface area contributed by atoms with Gasteiger partial charge in [-0.3, -0.25) is 9.59 Å². The van der Waals surface area contributed by atoms with E-state index < -0.39 is 0 Å². The number of halogens is 1. The fraction of sp³-hybridized carbons (Fsp3) is 0.250. The Labute approximate surface area is 155 Å². The third-order valence-corrected chi connectivity index (χ3v) is 4.92. The topological polar surface area (TPSA) is 58.4 Å². The van der Waals surface area contributed by atoms with E-state index in [2.05, 4.69) is 5.10 Å². The maximum atomic E-state index is 14.0. The summed E-state index contributed by atoms with van der Waals surface area (Å²) in [6, 6.07) is 13.6. The summed E-state index contributed by atoms with van der Waals surface area (Å²) in [6.07, 6.45) is 0. The van der Waals surface area contributed by atoms with Crippen LogP contribution >= 0.6 is 0 Å². The summed E-state index contributed by atoms with van der Waals surface area (Å²) < 4.78 is 15.2. The Morgan fingerprint density at radius 2 is 1.59 bits per heavy atom. The molecule has 6 nitrogen and oxygen atoms in total. The molecule has 1 amide bonds. The molecule has 1 aliphatic rings. The van der Waals surface area contributed by atoms with Gasteiger partial charge in [-0.05, 0) is 18.2 Å². The van der Waals surface area contributed by atoms with Crippen LogP contribution in [0.5, 0.6) is 0 Å². The van der Waals surface area contributed by atoms with Crippen molar-refractivity contribution in [2.24, 2.45) is 7.05 Å². The first-order chi connectivity index (χ1) is 13.1. The number of amides is 1. The van der Waals surface area contributed by atoms with Crippen molar-refractivity contribution in [2.45, 2.75) is 0 Å². The number of nitrogens with zero attached hydrogens (tertiary/aromatic N) is 4. The van der Waals surface area contributed by atoms with Gasteiger partial charge in [-0.2, -0.15) is 5.10 Å². The number of fused-ring (bicyclic) bond motifs is 1. The van der Waals surface area contributed by atoms with E-state index in [1.807, 2.05) is 4.90 Å². The largest absolute Gasteiger partial charge is 0.366 e.